The summed E-state index contributed by atoms with van der Waals surface area (Å²) >= 11 is 0. The van der Waals surface area contributed by atoms with Gasteiger partial charge in [0.15, 0.2) is 0 Å². The molecular formula is C27H42N2O2. The fraction of sp³-hybridized carbons (Fsp3) is 0.889. The molecule has 3 heterocycles. The molecule has 4 nitrogen and oxygen atoms in total. The maximum Gasteiger partial charge on any atom is 0.220 e. The van der Waals surface area contributed by atoms with E-state index in [4.69, 9.17) is 4.74 Å². The number of carbonyl (C=O) groups is 1. The van der Waals surface area contributed by atoms with E-state index in [1.165, 1.54) is 51.5 Å². The largest absolute Gasteiger partial charge is 0.356 e. The van der Waals surface area contributed by atoms with Crippen molar-refractivity contribution in [3.63, 3.8) is 0 Å². The van der Waals surface area contributed by atoms with Crippen molar-refractivity contribution >= 4 is 5.91 Å². The molecule has 9 atom stereocenters. The number of carbonyl (C=O) groups excluding carboxylic acids is 1. The summed E-state index contributed by atoms with van der Waals surface area (Å²) < 4.78 is 6.93. The molecule has 2 saturated carbocycles. The second-order valence-corrected chi connectivity index (χ2v) is 12.5. The average Bonchev–Trinajstić information content (AvgIpc) is 3.27. The molecule has 0 radical (unpaired) electrons. The van der Waals surface area contributed by atoms with E-state index in [1.807, 2.05) is 0 Å². The third-order valence-electron chi connectivity index (χ3n) is 11.1. The molecule has 172 valence electrons. The zero-order valence-corrected chi connectivity index (χ0v) is 20.1. The van der Waals surface area contributed by atoms with Crippen LogP contribution in [-0.4, -0.2) is 41.8 Å². The van der Waals surface area contributed by atoms with E-state index in [9.17, 15) is 4.79 Å². The lowest BCUT2D eigenvalue weighted by molar-refractivity contribution is -0.122. The van der Waals surface area contributed by atoms with Crippen LogP contribution in [-0.2, 0) is 9.53 Å². The van der Waals surface area contributed by atoms with E-state index < -0.39 is 0 Å². The van der Waals surface area contributed by atoms with Gasteiger partial charge in [0.25, 0.3) is 0 Å². The summed E-state index contributed by atoms with van der Waals surface area (Å²) in [4.78, 5) is 14.9. The Labute approximate surface area is 188 Å². The highest BCUT2D eigenvalue weighted by molar-refractivity contribution is 5.76. The van der Waals surface area contributed by atoms with Crippen molar-refractivity contribution in [2.24, 2.45) is 35.0 Å². The highest BCUT2D eigenvalue weighted by atomic mass is 16.5. The molecule has 1 spiro atoms. The molecule has 5 fully saturated rings. The Bertz CT molecular complexity index is 807. The van der Waals surface area contributed by atoms with Crippen LogP contribution in [0.1, 0.15) is 85.5 Å². The van der Waals surface area contributed by atoms with Crippen molar-refractivity contribution in [3.8, 4) is 0 Å². The van der Waals surface area contributed by atoms with Gasteiger partial charge in [0, 0.05) is 25.6 Å². The SMILES string of the molecule is CC1=C2CC3C(CCC4CC(=O)NCCC43C)C2CCC2(C1)OC1CC(C)CN1[C@H]2C. The predicted molar refractivity (Wildman–Crippen MR) is 122 cm³/mol. The summed E-state index contributed by atoms with van der Waals surface area (Å²) in [5.74, 6) is 4.00. The van der Waals surface area contributed by atoms with Gasteiger partial charge in [-0.1, -0.05) is 25.0 Å². The van der Waals surface area contributed by atoms with Crippen molar-refractivity contribution in [1.29, 1.82) is 0 Å². The summed E-state index contributed by atoms with van der Waals surface area (Å²) in [6, 6.07) is 0.542. The van der Waals surface area contributed by atoms with E-state index in [0.717, 1.165) is 43.1 Å². The fourth-order valence-corrected chi connectivity index (χ4v) is 9.33. The number of amides is 1. The number of hydrogen-bond acceptors (Lipinski definition) is 3. The topological polar surface area (TPSA) is 41.6 Å². The molecule has 0 aromatic rings. The number of nitrogens with one attached hydrogen (secondary N) is 1. The molecule has 3 saturated heterocycles. The number of rotatable bonds is 0. The van der Waals surface area contributed by atoms with Crippen LogP contribution in [0.5, 0.6) is 0 Å². The highest BCUT2D eigenvalue weighted by Crippen LogP contribution is 2.63. The van der Waals surface area contributed by atoms with Gasteiger partial charge in [-0.15, -0.1) is 0 Å². The second kappa shape index (κ2) is 7.06. The van der Waals surface area contributed by atoms with E-state index in [0.29, 0.717) is 29.5 Å². The van der Waals surface area contributed by atoms with Crippen molar-refractivity contribution < 1.29 is 9.53 Å². The number of fused-ring (bicyclic) bond motifs is 6. The molecule has 3 aliphatic carbocycles. The lowest BCUT2D eigenvalue weighted by atomic mass is 9.55. The van der Waals surface area contributed by atoms with Gasteiger partial charge in [-0.3, -0.25) is 9.69 Å². The molecule has 1 N–H and O–H groups in total. The van der Waals surface area contributed by atoms with Crippen LogP contribution in [0, 0.1) is 35.0 Å². The third-order valence-corrected chi connectivity index (χ3v) is 11.1. The van der Waals surface area contributed by atoms with Crippen LogP contribution < -0.4 is 5.32 Å². The Morgan fingerprint density at radius 3 is 2.77 bits per heavy atom. The van der Waals surface area contributed by atoms with Gasteiger partial charge in [0.05, 0.1) is 5.60 Å². The smallest absolute Gasteiger partial charge is 0.220 e. The van der Waals surface area contributed by atoms with Crippen molar-refractivity contribution in [2.75, 3.05) is 13.1 Å². The zero-order valence-electron chi connectivity index (χ0n) is 20.1. The standard InChI is InChI=1S/C27H42N2O2/c1-16-11-25-29(15-16)18(3)27(31-25)8-7-20-21-6-5-19-12-24(30)28-10-9-26(19,4)23(21)13-22(20)17(2)14-27/h16,18-21,23,25H,5-15H2,1-4H3,(H,28,30)/t16?,18-,19?,20?,21?,23?,25?,26?,27?/m0/s1. The Balaban J connectivity index is 1.28. The fourth-order valence-electron chi connectivity index (χ4n) is 9.33. The monoisotopic (exact) mass is 426 g/mol. The maximum absolute atomic E-state index is 12.3. The highest BCUT2D eigenvalue weighted by Gasteiger charge is 2.59. The van der Waals surface area contributed by atoms with Crippen molar-refractivity contribution in [3.05, 3.63) is 11.1 Å². The molecule has 0 aromatic carbocycles. The third kappa shape index (κ3) is 2.96. The number of ether oxygens (including phenoxy) is 1. The van der Waals surface area contributed by atoms with Gasteiger partial charge in [0.2, 0.25) is 5.91 Å². The average molecular weight is 427 g/mol. The summed E-state index contributed by atoms with van der Waals surface area (Å²) in [5.41, 5.74) is 3.82. The van der Waals surface area contributed by atoms with Gasteiger partial charge in [0.1, 0.15) is 6.23 Å². The number of nitrogens with zero attached hydrogens (tertiary/aromatic N) is 1. The number of hydrogen-bond donors (Lipinski definition) is 1. The molecule has 0 aromatic heterocycles. The zero-order chi connectivity index (χ0) is 21.5. The molecule has 6 rings (SSSR count). The molecule has 3 aliphatic heterocycles. The lowest BCUT2D eigenvalue weighted by Gasteiger charge is -2.49. The first-order valence-electron chi connectivity index (χ1n) is 13.2. The summed E-state index contributed by atoms with van der Waals surface area (Å²) in [5, 5.41) is 3.18. The van der Waals surface area contributed by atoms with Gasteiger partial charge >= 0.3 is 0 Å². The quantitative estimate of drug-likeness (QED) is 0.561. The van der Waals surface area contributed by atoms with Gasteiger partial charge in [-0.05, 0) is 100 Å². The first kappa shape index (κ1) is 20.7. The first-order valence-corrected chi connectivity index (χ1v) is 13.2. The van der Waals surface area contributed by atoms with Crippen LogP contribution >= 0.6 is 0 Å². The molecule has 6 aliphatic rings. The minimum Gasteiger partial charge on any atom is -0.356 e. The van der Waals surface area contributed by atoms with Crippen LogP contribution in [0.25, 0.3) is 0 Å². The van der Waals surface area contributed by atoms with Crippen LogP contribution in [0.4, 0.5) is 0 Å². The van der Waals surface area contributed by atoms with Crippen LogP contribution in [0.3, 0.4) is 0 Å². The summed E-state index contributed by atoms with van der Waals surface area (Å²) in [7, 11) is 0. The van der Waals surface area contributed by atoms with Gasteiger partial charge in [-0.25, -0.2) is 0 Å². The lowest BCUT2D eigenvalue weighted by Crippen LogP contribution is -2.45. The van der Waals surface area contributed by atoms with Crippen LogP contribution in [0.15, 0.2) is 11.1 Å². The minimum atomic E-state index is 0.0431. The summed E-state index contributed by atoms with van der Waals surface area (Å²) in [6.45, 7) is 11.9. The second-order valence-electron chi connectivity index (χ2n) is 12.5. The molecule has 0 bridgehead atoms. The molecule has 31 heavy (non-hydrogen) atoms. The van der Waals surface area contributed by atoms with Gasteiger partial charge in [-0.2, -0.15) is 0 Å². The Kier molecular flexibility index (Phi) is 4.72. The van der Waals surface area contributed by atoms with E-state index >= 15 is 0 Å². The number of allylic oxidation sites excluding steroid dienone is 1. The normalized spacial score (nSPS) is 52.3. The molecule has 1 amide bonds. The Hall–Kier alpha value is -0.870. The molecule has 8 unspecified atom stereocenters. The summed E-state index contributed by atoms with van der Waals surface area (Å²) in [6.07, 6.45) is 11.0. The van der Waals surface area contributed by atoms with E-state index in [1.54, 1.807) is 11.1 Å². The van der Waals surface area contributed by atoms with E-state index in [2.05, 4.69) is 37.9 Å². The van der Waals surface area contributed by atoms with Crippen LogP contribution in [0.2, 0.25) is 0 Å². The molecule has 4 heteroatoms. The maximum atomic E-state index is 12.3. The molecular weight excluding hydrogens is 384 g/mol. The minimum absolute atomic E-state index is 0.0431. The van der Waals surface area contributed by atoms with Crippen molar-refractivity contribution in [2.45, 2.75) is 103 Å². The van der Waals surface area contributed by atoms with E-state index in [-0.39, 0.29) is 5.60 Å². The van der Waals surface area contributed by atoms with Gasteiger partial charge < -0.3 is 10.1 Å². The Morgan fingerprint density at radius 2 is 1.97 bits per heavy atom. The van der Waals surface area contributed by atoms with Crippen molar-refractivity contribution in [1.82, 2.24) is 10.2 Å². The Morgan fingerprint density at radius 1 is 1.13 bits per heavy atom. The first-order chi connectivity index (χ1) is 14.8. The predicted octanol–water partition coefficient (Wildman–Crippen LogP) is 4.89.